The monoisotopic (exact) mass is 532 g/mol. The van der Waals surface area contributed by atoms with Crippen LogP contribution in [0.1, 0.15) is 51.1 Å². The lowest BCUT2D eigenvalue weighted by Crippen LogP contribution is -2.49. The van der Waals surface area contributed by atoms with Gasteiger partial charge in [-0.2, -0.15) is 0 Å². The maximum atomic E-state index is 5.60. The van der Waals surface area contributed by atoms with E-state index in [9.17, 15) is 0 Å². The zero-order chi connectivity index (χ0) is 20.7. The quantitative estimate of drug-likeness (QED) is 0.186. The van der Waals surface area contributed by atoms with Gasteiger partial charge in [0.1, 0.15) is 0 Å². The molecule has 1 unspecified atom stereocenters. The maximum absolute atomic E-state index is 5.60. The molecule has 1 aliphatic rings. The summed E-state index contributed by atoms with van der Waals surface area (Å²) in [5.74, 6) is 0.863. The highest BCUT2D eigenvalue weighted by atomic mass is 127. The van der Waals surface area contributed by atoms with Gasteiger partial charge in [-0.25, -0.2) is 0 Å². The second-order valence-corrected chi connectivity index (χ2v) is 7.62. The molecule has 7 heteroatoms. The van der Waals surface area contributed by atoms with Gasteiger partial charge in [-0.15, -0.1) is 24.0 Å². The Bertz CT molecular complexity index is 566. The van der Waals surface area contributed by atoms with E-state index in [2.05, 4.69) is 64.7 Å². The van der Waals surface area contributed by atoms with Crippen molar-refractivity contribution < 1.29 is 9.47 Å². The molecule has 1 aromatic rings. The summed E-state index contributed by atoms with van der Waals surface area (Å²) in [5.41, 5.74) is 1.40. The van der Waals surface area contributed by atoms with Crippen molar-refractivity contribution in [1.82, 2.24) is 15.5 Å². The van der Waals surface area contributed by atoms with E-state index >= 15 is 0 Å². The second-order valence-electron chi connectivity index (χ2n) is 7.62. The Morgan fingerprint density at radius 3 is 2.40 bits per heavy atom. The highest BCUT2D eigenvalue weighted by Gasteiger charge is 2.23. The molecule has 0 amide bonds. The molecule has 0 radical (unpaired) electrons. The molecule has 0 aliphatic carbocycles. The van der Waals surface area contributed by atoms with Crippen LogP contribution in [0.15, 0.2) is 35.3 Å². The smallest absolute Gasteiger partial charge is 0.191 e. The van der Waals surface area contributed by atoms with E-state index in [-0.39, 0.29) is 24.0 Å². The Balaban J connectivity index is 0.00000450. The molecular weight excluding hydrogens is 491 g/mol. The van der Waals surface area contributed by atoms with Gasteiger partial charge in [0.25, 0.3) is 0 Å². The molecule has 2 N–H and O–H groups in total. The second kappa shape index (κ2) is 16.8. The van der Waals surface area contributed by atoms with Gasteiger partial charge in [-0.05, 0) is 31.7 Å². The van der Waals surface area contributed by atoms with E-state index in [0.29, 0.717) is 31.9 Å². The summed E-state index contributed by atoms with van der Waals surface area (Å²) < 4.78 is 11.1. The standard InChI is InChI=1S/C23H40N4O2.HI/c1-4-5-16-28-18-19-29-17-13-25-23(24-3)26-22-11-14-27(15-12-22)20(2)21-9-7-6-8-10-21;/h6-10,20,22H,4-5,11-19H2,1-3H3,(H2,24,25,26);1H. The number of unbranched alkanes of at least 4 members (excludes halogenated alkanes) is 1. The van der Waals surface area contributed by atoms with Crippen LogP contribution in [0.3, 0.4) is 0 Å². The first-order chi connectivity index (χ1) is 14.2. The number of halogens is 1. The molecule has 30 heavy (non-hydrogen) atoms. The van der Waals surface area contributed by atoms with Crippen molar-refractivity contribution in [2.24, 2.45) is 4.99 Å². The lowest BCUT2D eigenvalue weighted by atomic mass is 10.0. The van der Waals surface area contributed by atoms with Gasteiger partial charge >= 0.3 is 0 Å². The lowest BCUT2D eigenvalue weighted by molar-refractivity contribution is 0.0487. The minimum absolute atomic E-state index is 0. The first-order valence-electron chi connectivity index (χ1n) is 11.2. The van der Waals surface area contributed by atoms with Crippen molar-refractivity contribution in [2.75, 3.05) is 53.1 Å². The number of ether oxygens (including phenoxy) is 2. The van der Waals surface area contributed by atoms with Crippen molar-refractivity contribution in [2.45, 2.75) is 51.6 Å². The highest BCUT2D eigenvalue weighted by Crippen LogP contribution is 2.23. The van der Waals surface area contributed by atoms with Gasteiger partial charge in [0.2, 0.25) is 0 Å². The molecule has 1 atom stereocenters. The minimum Gasteiger partial charge on any atom is -0.379 e. The van der Waals surface area contributed by atoms with E-state index in [0.717, 1.165) is 51.5 Å². The number of hydrogen-bond donors (Lipinski definition) is 2. The van der Waals surface area contributed by atoms with Crippen LogP contribution in [0.25, 0.3) is 0 Å². The van der Waals surface area contributed by atoms with Crippen LogP contribution in [0, 0.1) is 0 Å². The van der Waals surface area contributed by atoms with E-state index in [4.69, 9.17) is 9.47 Å². The number of piperidine rings is 1. The van der Waals surface area contributed by atoms with Gasteiger partial charge in [-0.3, -0.25) is 9.89 Å². The van der Waals surface area contributed by atoms with Crippen LogP contribution in [-0.2, 0) is 9.47 Å². The van der Waals surface area contributed by atoms with Crippen LogP contribution < -0.4 is 10.6 Å². The first-order valence-corrected chi connectivity index (χ1v) is 11.2. The normalized spacial score (nSPS) is 16.7. The van der Waals surface area contributed by atoms with Gasteiger partial charge in [-0.1, -0.05) is 43.7 Å². The molecule has 0 aromatic heterocycles. The molecule has 1 saturated heterocycles. The van der Waals surface area contributed by atoms with E-state index in [1.165, 1.54) is 12.0 Å². The number of benzene rings is 1. The van der Waals surface area contributed by atoms with Crippen LogP contribution >= 0.6 is 24.0 Å². The number of hydrogen-bond acceptors (Lipinski definition) is 4. The number of likely N-dealkylation sites (tertiary alicyclic amines) is 1. The predicted molar refractivity (Wildman–Crippen MR) is 136 cm³/mol. The topological polar surface area (TPSA) is 58.1 Å². The number of rotatable bonds is 12. The molecule has 172 valence electrons. The number of nitrogens with zero attached hydrogens (tertiary/aromatic N) is 2. The van der Waals surface area contributed by atoms with Crippen LogP contribution in [0.5, 0.6) is 0 Å². The van der Waals surface area contributed by atoms with Crippen molar-refractivity contribution in [1.29, 1.82) is 0 Å². The highest BCUT2D eigenvalue weighted by molar-refractivity contribution is 14.0. The largest absolute Gasteiger partial charge is 0.379 e. The van der Waals surface area contributed by atoms with Gasteiger partial charge in [0.05, 0.1) is 19.8 Å². The number of guanidine groups is 1. The van der Waals surface area contributed by atoms with Gasteiger partial charge in [0, 0.05) is 45.4 Å². The molecule has 1 heterocycles. The van der Waals surface area contributed by atoms with E-state index < -0.39 is 0 Å². The Morgan fingerprint density at radius 2 is 1.77 bits per heavy atom. The average molecular weight is 533 g/mol. The summed E-state index contributed by atoms with van der Waals surface area (Å²) >= 11 is 0. The third kappa shape index (κ3) is 10.4. The zero-order valence-electron chi connectivity index (χ0n) is 18.9. The van der Waals surface area contributed by atoms with E-state index in [1.807, 2.05) is 7.05 Å². The molecule has 1 aliphatic heterocycles. The molecule has 2 rings (SSSR count). The lowest BCUT2D eigenvalue weighted by Gasteiger charge is -2.37. The Morgan fingerprint density at radius 1 is 1.10 bits per heavy atom. The molecular formula is C23H41IN4O2. The summed E-state index contributed by atoms with van der Waals surface area (Å²) in [7, 11) is 1.82. The Kier molecular flexibility index (Phi) is 15.2. The Hall–Kier alpha value is -0.900. The zero-order valence-corrected chi connectivity index (χ0v) is 21.3. The van der Waals surface area contributed by atoms with Crippen molar-refractivity contribution in [3.8, 4) is 0 Å². The molecule has 0 saturated carbocycles. The van der Waals surface area contributed by atoms with Crippen LogP contribution in [0.2, 0.25) is 0 Å². The van der Waals surface area contributed by atoms with Crippen molar-refractivity contribution in [3.05, 3.63) is 35.9 Å². The minimum atomic E-state index is 0. The molecule has 1 aromatic carbocycles. The van der Waals surface area contributed by atoms with Gasteiger partial charge in [0.15, 0.2) is 5.96 Å². The summed E-state index contributed by atoms with van der Waals surface area (Å²) in [5, 5.41) is 6.91. The fourth-order valence-corrected chi connectivity index (χ4v) is 3.57. The average Bonchev–Trinajstić information content (AvgIpc) is 2.77. The molecule has 1 fully saturated rings. The predicted octanol–water partition coefficient (Wildman–Crippen LogP) is 3.83. The fraction of sp³-hybridized carbons (Fsp3) is 0.696. The van der Waals surface area contributed by atoms with Crippen LogP contribution in [-0.4, -0.2) is 70.0 Å². The number of nitrogens with one attached hydrogen (secondary N) is 2. The molecule has 0 spiro atoms. The van der Waals surface area contributed by atoms with E-state index in [1.54, 1.807) is 0 Å². The van der Waals surface area contributed by atoms with Crippen molar-refractivity contribution >= 4 is 29.9 Å². The summed E-state index contributed by atoms with van der Waals surface area (Å²) in [6, 6.07) is 11.7. The summed E-state index contributed by atoms with van der Waals surface area (Å²) in [4.78, 5) is 6.92. The van der Waals surface area contributed by atoms with Crippen LogP contribution in [0.4, 0.5) is 0 Å². The Labute approximate surface area is 200 Å². The molecule has 6 nitrogen and oxygen atoms in total. The number of aliphatic imine (C=N–C) groups is 1. The maximum Gasteiger partial charge on any atom is 0.191 e. The fourth-order valence-electron chi connectivity index (χ4n) is 3.57. The summed E-state index contributed by atoms with van der Waals surface area (Å²) in [6.45, 7) is 10.2. The SMILES string of the molecule is CCCCOCCOCCNC(=NC)NC1CCN(C(C)c2ccccc2)CC1.I. The van der Waals surface area contributed by atoms with Gasteiger partial charge < -0.3 is 20.1 Å². The van der Waals surface area contributed by atoms with Crippen molar-refractivity contribution in [3.63, 3.8) is 0 Å². The third-order valence-electron chi connectivity index (χ3n) is 5.48. The third-order valence-corrected chi connectivity index (χ3v) is 5.48. The first kappa shape index (κ1) is 27.1. The molecule has 0 bridgehead atoms. The summed E-state index contributed by atoms with van der Waals surface area (Å²) in [6.07, 6.45) is 4.54.